The van der Waals surface area contributed by atoms with E-state index < -0.39 is 11.8 Å². The molecule has 2 fully saturated rings. The molecule has 206 valence electrons. The number of likely N-dealkylation sites (tertiary alicyclic amines) is 1. The number of hydrogen-bond donors (Lipinski definition) is 1. The normalized spacial score (nSPS) is 17.3. The lowest BCUT2D eigenvalue weighted by Crippen LogP contribution is -2.34. The summed E-state index contributed by atoms with van der Waals surface area (Å²) in [5.74, 6) is 1.54. The van der Waals surface area contributed by atoms with E-state index in [1.165, 1.54) is 31.4 Å². The first kappa shape index (κ1) is 27.3. The lowest BCUT2D eigenvalue weighted by Gasteiger charge is -2.32. The third-order valence-electron chi connectivity index (χ3n) is 7.69. The van der Waals surface area contributed by atoms with Crippen LogP contribution in [0.5, 0.6) is 5.88 Å². The van der Waals surface area contributed by atoms with Crippen molar-refractivity contribution in [2.45, 2.75) is 64.6 Å². The summed E-state index contributed by atoms with van der Waals surface area (Å²) in [5.41, 5.74) is 2.03. The van der Waals surface area contributed by atoms with Gasteiger partial charge in [-0.1, -0.05) is 30.2 Å². The van der Waals surface area contributed by atoms with Crippen molar-refractivity contribution in [3.05, 3.63) is 76.2 Å². The Morgan fingerprint density at radius 2 is 1.97 bits per heavy atom. The van der Waals surface area contributed by atoms with Crippen LogP contribution in [0.4, 0.5) is 4.39 Å². The first-order valence-corrected chi connectivity index (χ1v) is 13.8. The number of piperidine rings is 1. The van der Waals surface area contributed by atoms with Crippen LogP contribution in [-0.2, 0) is 24.5 Å². The number of hydrogen-bond acceptors (Lipinski definition) is 6. The maximum Gasteiger partial charge on any atom is 0.328 e. The number of pyridine rings is 1. The molecule has 0 unspecified atom stereocenters. The van der Waals surface area contributed by atoms with Gasteiger partial charge in [-0.2, -0.15) is 0 Å². The van der Waals surface area contributed by atoms with E-state index in [1.807, 2.05) is 12.1 Å². The summed E-state index contributed by atoms with van der Waals surface area (Å²) in [5, 5.41) is 18.4. The van der Waals surface area contributed by atoms with Crippen LogP contribution >= 0.6 is 11.6 Å². The molecule has 39 heavy (non-hydrogen) atoms. The highest BCUT2D eigenvalue weighted by Crippen LogP contribution is 2.31. The maximum atomic E-state index is 14.1. The minimum Gasteiger partial charge on any atom is -0.478 e. The monoisotopic (exact) mass is 553 g/mol. The maximum absolute atomic E-state index is 14.1. The van der Waals surface area contributed by atoms with Crippen LogP contribution in [0.1, 0.15) is 67.9 Å². The smallest absolute Gasteiger partial charge is 0.328 e. The minimum absolute atomic E-state index is 0.0859. The zero-order valence-corrected chi connectivity index (χ0v) is 22.8. The van der Waals surface area contributed by atoms with E-state index in [0.717, 1.165) is 44.0 Å². The first-order chi connectivity index (χ1) is 18.9. The zero-order chi connectivity index (χ0) is 27.4. The zero-order valence-electron chi connectivity index (χ0n) is 22.0. The van der Waals surface area contributed by atoms with Gasteiger partial charge in [0.25, 0.3) is 0 Å². The van der Waals surface area contributed by atoms with E-state index in [4.69, 9.17) is 21.3 Å². The third kappa shape index (κ3) is 6.83. The van der Waals surface area contributed by atoms with E-state index in [9.17, 15) is 14.3 Å². The molecular formula is C29H33ClFN5O3. The second-order valence-electron chi connectivity index (χ2n) is 10.5. The summed E-state index contributed by atoms with van der Waals surface area (Å²) >= 11 is 5.84. The molecule has 3 heterocycles. The molecule has 10 heteroatoms. The van der Waals surface area contributed by atoms with E-state index in [-0.39, 0.29) is 6.61 Å². The van der Waals surface area contributed by atoms with Crippen LogP contribution in [0.15, 0.2) is 42.5 Å². The summed E-state index contributed by atoms with van der Waals surface area (Å²) in [6.45, 7) is 5.15. The quantitative estimate of drug-likeness (QED) is 0.321. The number of rotatable bonds is 10. The second kappa shape index (κ2) is 12.3. The highest BCUT2D eigenvalue weighted by atomic mass is 35.5. The largest absolute Gasteiger partial charge is 0.478 e. The first-order valence-electron chi connectivity index (χ1n) is 13.5. The molecule has 2 aliphatic rings. The fourth-order valence-corrected chi connectivity index (χ4v) is 5.39. The summed E-state index contributed by atoms with van der Waals surface area (Å²) < 4.78 is 22.0. The van der Waals surface area contributed by atoms with Gasteiger partial charge < -0.3 is 14.4 Å². The number of aromatic nitrogens is 4. The van der Waals surface area contributed by atoms with Crippen LogP contribution in [-0.4, -0.2) is 48.8 Å². The van der Waals surface area contributed by atoms with Crippen molar-refractivity contribution < 1.29 is 19.0 Å². The SMILES string of the molecule is CC(=CC(=O)O)c1nnc(CN2CCC(c3cccc(OCc4ccc(Cl)cc4F)n3)CC2)n1CC1CCC1. The van der Waals surface area contributed by atoms with Crippen LogP contribution in [0.3, 0.4) is 0 Å². The van der Waals surface area contributed by atoms with Crippen molar-refractivity contribution in [1.82, 2.24) is 24.6 Å². The Morgan fingerprint density at radius 3 is 2.67 bits per heavy atom. The predicted octanol–water partition coefficient (Wildman–Crippen LogP) is 5.71. The van der Waals surface area contributed by atoms with Gasteiger partial charge in [0.15, 0.2) is 5.82 Å². The fraction of sp³-hybridized carbons (Fsp3) is 0.448. The molecule has 0 atom stereocenters. The number of ether oxygens (including phenoxy) is 1. The molecule has 1 saturated carbocycles. The predicted molar refractivity (Wildman–Crippen MR) is 146 cm³/mol. The van der Waals surface area contributed by atoms with Gasteiger partial charge in [-0.25, -0.2) is 14.2 Å². The van der Waals surface area contributed by atoms with E-state index in [1.54, 1.807) is 25.1 Å². The van der Waals surface area contributed by atoms with Crippen molar-refractivity contribution in [2.75, 3.05) is 13.1 Å². The Kier molecular flexibility index (Phi) is 8.57. The summed E-state index contributed by atoms with van der Waals surface area (Å²) in [4.78, 5) is 18.3. The van der Waals surface area contributed by atoms with Gasteiger partial charge in [-0.05, 0) is 69.8 Å². The van der Waals surface area contributed by atoms with Crippen LogP contribution in [0.25, 0.3) is 5.57 Å². The Labute approximate surface area is 232 Å². The van der Waals surface area contributed by atoms with Gasteiger partial charge in [0, 0.05) is 46.5 Å². The molecule has 1 aliphatic carbocycles. The van der Waals surface area contributed by atoms with Gasteiger partial charge >= 0.3 is 5.97 Å². The molecule has 1 aliphatic heterocycles. The highest BCUT2D eigenvalue weighted by Gasteiger charge is 2.26. The second-order valence-corrected chi connectivity index (χ2v) is 10.9. The minimum atomic E-state index is -0.977. The number of halogens is 2. The van der Waals surface area contributed by atoms with Gasteiger partial charge in [0.2, 0.25) is 5.88 Å². The Morgan fingerprint density at radius 1 is 1.18 bits per heavy atom. The average molecular weight is 554 g/mol. The topological polar surface area (TPSA) is 93.4 Å². The van der Waals surface area contributed by atoms with Gasteiger partial charge in [0.1, 0.15) is 18.2 Å². The number of carbonyl (C=O) groups is 1. The Balaban J connectivity index is 1.20. The molecule has 1 saturated heterocycles. The molecule has 3 aromatic rings. The molecule has 0 radical (unpaired) electrons. The molecular weight excluding hydrogens is 521 g/mol. The average Bonchev–Trinajstić information content (AvgIpc) is 3.28. The standard InChI is InChI=1S/C29H33ClFN5O3/c1-19(14-28(37)38)29-34-33-26(36(29)16-20-4-2-5-20)17-35-12-10-21(11-13-35)25-6-3-7-27(32-25)39-18-22-8-9-23(30)15-24(22)31/h3,6-9,14-15,20-21H,2,4-5,10-13,16-18H2,1H3,(H,37,38). The van der Waals surface area contributed by atoms with Gasteiger partial charge in [-0.15, -0.1) is 10.2 Å². The van der Waals surface area contributed by atoms with E-state index in [0.29, 0.717) is 46.2 Å². The lowest BCUT2D eigenvalue weighted by molar-refractivity contribution is -0.131. The van der Waals surface area contributed by atoms with Crippen LogP contribution in [0.2, 0.25) is 5.02 Å². The van der Waals surface area contributed by atoms with Crippen molar-refractivity contribution in [3.8, 4) is 5.88 Å². The van der Waals surface area contributed by atoms with Crippen molar-refractivity contribution in [1.29, 1.82) is 0 Å². The molecule has 5 rings (SSSR count). The molecule has 1 N–H and O–H groups in total. The lowest BCUT2D eigenvalue weighted by atomic mass is 9.85. The summed E-state index contributed by atoms with van der Waals surface area (Å²) in [6, 6.07) is 10.3. The van der Waals surface area contributed by atoms with Crippen molar-refractivity contribution >= 4 is 23.1 Å². The Hall–Kier alpha value is -3.30. The molecule has 0 amide bonds. The summed E-state index contributed by atoms with van der Waals surface area (Å²) in [6.07, 6.45) is 6.72. The van der Waals surface area contributed by atoms with Crippen LogP contribution < -0.4 is 4.74 Å². The van der Waals surface area contributed by atoms with E-state index in [2.05, 4.69) is 19.7 Å². The fourth-order valence-electron chi connectivity index (χ4n) is 5.24. The molecule has 0 bridgehead atoms. The third-order valence-corrected chi connectivity index (χ3v) is 7.93. The van der Waals surface area contributed by atoms with Gasteiger partial charge in [0.05, 0.1) is 6.54 Å². The number of benzene rings is 1. The number of carboxylic acids is 1. The van der Waals surface area contributed by atoms with E-state index >= 15 is 0 Å². The van der Waals surface area contributed by atoms with Crippen LogP contribution in [0, 0.1) is 11.7 Å². The molecule has 0 spiro atoms. The van der Waals surface area contributed by atoms with Gasteiger partial charge in [-0.3, -0.25) is 4.90 Å². The molecule has 8 nitrogen and oxygen atoms in total. The number of carboxylic acid groups (broad SMARTS) is 1. The number of allylic oxidation sites excluding steroid dienone is 1. The van der Waals surface area contributed by atoms with Crippen molar-refractivity contribution in [2.24, 2.45) is 5.92 Å². The highest BCUT2D eigenvalue weighted by molar-refractivity contribution is 6.30. The number of nitrogens with zero attached hydrogens (tertiary/aromatic N) is 5. The van der Waals surface area contributed by atoms with Crippen molar-refractivity contribution in [3.63, 3.8) is 0 Å². The Bertz CT molecular complexity index is 1350. The summed E-state index contributed by atoms with van der Waals surface area (Å²) in [7, 11) is 0. The number of aliphatic carboxylic acids is 1. The molecule has 2 aromatic heterocycles. The molecule has 1 aromatic carbocycles.